The molecule has 0 spiro atoms. The van der Waals surface area contributed by atoms with Crippen LogP contribution in [0.1, 0.15) is 29.6 Å². The number of hydrogen-bond donors (Lipinski definition) is 2. The Morgan fingerprint density at radius 3 is 2.38 bits per heavy atom. The van der Waals surface area contributed by atoms with E-state index in [2.05, 4.69) is 5.32 Å². The fourth-order valence-corrected chi connectivity index (χ4v) is 2.84. The number of carboxylic acids is 1. The topological polar surface area (TPSA) is 86.7 Å². The first-order chi connectivity index (χ1) is 12.2. The summed E-state index contributed by atoms with van der Waals surface area (Å²) < 4.78 is 39.3. The fourth-order valence-electron chi connectivity index (χ4n) is 2.84. The van der Waals surface area contributed by atoms with Crippen molar-refractivity contribution in [3.8, 4) is 0 Å². The van der Waals surface area contributed by atoms with E-state index in [4.69, 9.17) is 5.11 Å². The van der Waals surface area contributed by atoms with Crippen molar-refractivity contribution in [1.82, 2.24) is 10.2 Å². The van der Waals surface area contributed by atoms with Gasteiger partial charge in [-0.15, -0.1) is 0 Å². The lowest BCUT2D eigenvalue weighted by atomic mass is 9.86. The fraction of sp³-hybridized carbons (Fsp3) is 0.471. The number of carboxylic acid groups (broad SMARTS) is 1. The van der Waals surface area contributed by atoms with Crippen molar-refractivity contribution in [3.63, 3.8) is 0 Å². The van der Waals surface area contributed by atoms with Gasteiger partial charge in [0.2, 0.25) is 5.91 Å². The van der Waals surface area contributed by atoms with Gasteiger partial charge in [-0.05, 0) is 25.0 Å². The summed E-state index contributed by atoms with van der Waals surface area (Å²) in [6.07, 6.45) is -5.39. The number of alkyl halides is 3. The molecule has 0 aliphatic carbocycles. The van der Waals surface area contributed by atoms with E-state index in [0.29, 0.717) is 5.56 Å². The third-order valence-electron chi connectivity index (χ3n) is 4.46. The summed E-state index contributed by atoms with van der Waals surface area (Å²) >= 11 is 0. The smallest absolute Gasteiger partial charge is 0.406 e. The monoisotopic (exact) mass is 372 g/mol. The number of halogens is 3. The molecule has 26 heavy (non-hydrogen) atoms. The predicted octanol–water partition coefficient (Wildman–Crippen LogP) is 2.06. The standard InChI is InChI=1S/C17H19F3N2O4/c18-17(19,20)16(15(25)26)8-10-22(11-16)13(23)7-4-9-21-14(24)12-5-2-1-3-6-12/h1-3,5-6H,4,7-11H2,(H,21,24)(H,25,26). The molecule has 1 aliphatic heterocycles. The van der Waals surface area contributed by atoms with E-state index in [1.54, 1.807) is 30.3 Å². The zero-order valence-electron chi connectivity index (χ0n) is 13.9. The van der Waals surface area contributed by atoms with Gasteiger partial charge in [-0.2, -0.15) is 13.2 Å². The molecule has 142 valence electrons. The maximum atomic E-state index is 13.1. The van der Waals surface area contributed by atoms with E-state index in [-0.39, 0.29) is 31.8 Å². The Bertz CT molecular complexity index is 678. The van der Waals surface area contributed by atoms with Crippen LogP contribution in [-0.2, 0) is 9.59 Å². The summed E-state index contributed by atoms with van der Waals surface area (Å²) in [4.78, 5) is 35.9. The summed E-state index contributed by atoms with van der Waals surface area (Å²) in [7, 11) is 0. The van der Waals surface area contributed by atoms with E-state index >= 15 is 0 Å². The van der Waals surface area contributed by atoms with Gasteiger partial charge >= 0.3 is 12.1 Å². The van der Waals surface area contributed by atoms with Crippen molar-refractivity contribution in [2.45, 2.75) is 25.4 Å². The van der Waals surface area contributed by atoms with Crippen LogP contribution in [0.4, 0.5) is 13.2 Å². The molecule has 0 saturated carbocycles. The number of rotatable bonds is 6. The number of aliphatic carboxylic acids is 1. The molecular formula is C17H19F3N2O4. The molecule has 1 fully saturated rings. The molecule has 2 rings (SSSR count). The summed E-state index contributed by atoms with van der Waals surface area (Å²) in [5, 5.41) is 11.6. The minimum atomic E-state index is -4.92. The van der Waals surface area contributed by atoms with Gasteiger partial charge in [-0.25, -0.2) is 0 Å². The molecule has 1 heterocycles. The molecule has 1 aliphatic rings. The number of amides is 2. The first-order valence-corrected chi connectivity index (χ1v) is 8.08. The van der Waals surface area contributed by atoms with Crippen molar-refractivity contribution in [2.24, 2.45) is 5.41 Å². The van der Waals surface area contributed by atoms with Crippen molar-refractivity contribution < 1.29 is 32.7 Å². The Morgan fingerprint density at radius 2 is 1.85 bits per heavy atom. The van der Waals surface area contributed by atoms with Gasteiger partial charge < -0.3 is 15.3 Å². The number of benzene rings is 1. The van der Waals surface area contributed by atoms with E-state index < -0.39 is 36.4 Å². The largest absolute Gasteiger partial charge is 0.481 e. The summed E-state index contributed by atoms with van der Waals surface area (Å²) in [5.74, 6) is -2.82. The highest BCUT2D eigenvalue weighted by atomic mass is 19.4. The molecule has 1 aromatic carbocycles. The second kappa shape index (κ2) is 7.76. The molecular weight excluding hydrogens is 353 g/mol. The molecule has 2 N–H and O–H groups in total. The van der Waals surface area contributed by atoms with Crippen LogP contribution in [0, 0.1) is 5.41 Å². The normalized spacial score (nSPS) is 20.0. The van der Waals surface area contributed by atoms with Gasteiger partial charge in [-0.3, -0.25) is 14.4 Å². The third-order valence-corrected chi connectivity index (χ3v) is 4.46. The van der Waals surface area contributed by atoms with Gasteiger partial charge in [0.1, 0.15) is 0 Å². The quantitative estimate of drug-likeness (QED) is 0.749. The van der Waals surface area contributed by atoms with Crippen LogP contribution in [0.5, 0.6) is 0 Å². The number of carbonyl (C=O) groups excluding carboxylic acids is 2. The highest BCUT2D eigenvalue weighted by Crippen LogP contribution is 2.45. The maximum Gasteiger partial charge on any atom is 0.406 e. The molecule has 0 aromatic heterocycles. The van der Waals surface area contributed by atoms with Crippen LogP contribution < -0.4 is 5.32 Å². The lowest BCUT2D eigenvalue weighted by molar-refractivity contribution is -0.227. The van der Waals surface area contributed by atoms with E-state index in [9.17, 15) is 27.6 Å². The van der Waals surface area contributed by atoms with Crippen LogP contribution in [0.2, 0.25) is 0 Å². The summed E-state index contributed by atoms with van der Waals surface area (Å²) in [6.45, 7) is -0.932. The van der Waals surface area contributed by atoms with Crippen LogP contribution in [-0.4, -0.2) is 53.6 Å². The van der Waals surface area contributed by atoms with Crippen LogP contribution in [0.25, 0.3) is 0 Å². The van der Waals surface area contributed by atoms with Gasteiger partial charge in [0.15, 0.2) is 5.41 Å². The van der Waals surface area contributed by atoms with Gasteiger partial charge in [-0.1, -0.05) is 18.2 Å². The predicted molar refractivity (Wildman–Crippen MR) is 85.3 cm³/mol. The van der Waals surface area contributed by atoms with Gasteiger partial charge in [0.25, 0.3) is 5.91 Å². The zero-order chi connectivity index (χ0) is 19.4. The highest BCUT2D eigenvalue weighted by Gasteiger charge is 2.64. The Morgan fingerprint density at radius 1 is 1.19 bits per heavy atom. The molecule has 2 amide bonds. The van der Waals surface area contributed by atoms with Crippen molar-refractivity contribution in [1.29, 1.82) is 0 Å². The molecule has 0 bridgehead atoms. The lowest BCUT2D eigenvalue weighted by Gasteiger charge is -2.27. The average molecular weight is 372 g/mol. The van der Waals surface area contributed by atoms with Crippen LogP contribution in [0.15, 0.2) is 30.3 Å². The number of nitrogens with one attached hydrogen (secondary N) is 1. The molecule has 1 atom stereocenters. The molecule has 9 heteroatoms. The van der Waals surface area contributed by atoms with E-state index in [1.165, 1.54) is 0 Å². The number of hydrogen-bond acceptors (Lipinski definition) is 3. The van der Waals surface area contributed by atoms with Gasteiger partial charge in [0, 0.05) is 31.6 Å². The third kappa shape index (κ3) is 4.14. The highest BCUT2D eigenvalue weighted by molar-refractivity contribution is 5.94. The summed E-state index contributed by atoms with van der Waals surface area (Å²) in [6, 6.07) is 8.45. The van der Waals surface area contributed by atoms with E-state index in [0.717, 1.165) is 4.90 Å². The maximum absolute atomic E-state index is 13.1. The Hall–Kier alpha value is -2.58. The van der Waals surface area contributed by atoms with E-state index in [1.807, 2.05) is 0 Å². The number of carbonyl (C=O) groups is 3. The minimum absolute atomic E-state index is 0.0668. The van der Waals surface area contributed by atoms with Crippen molar-refractivity contribution >= 4 is 17.8 Å². The molecule has 0 radical (unpaired) electrons. The molecule has 6 nitrogen and oxygen atoms in total. The Kier molecular flexibility index (Phi) is 5.89. The Labute approximate surface area is 148 Å². The minimum Gasteiger partial charge on any atom is -0.481 e. The SMILES string of the molecule is O=C(NCCCC(=O)N1CCC(C(=O)O)(C(F)(F)F)C1)c1ccccc1. The average Bonchev–Trinajstić information content (AvgIpc) is 3.06. The van der Waals surface area contributed by atoms with Crippen molar-refractivity contribution in [3.05, 3.63) is 35.9 Å². The molecule has 1 aromatic rings. The lowest BCUT2D eigenvalue weighted by Crippen LogP contribution is -2.47. The second-order valence-electron chi connectivity index (χ2n) is 6.18. The van der Waals surface area contributed by atoms with Gasteiger partial charge in [0.05, 0.1) is 0 Å². The molecule has 1 unspecified atom stereocenters. The molecule has 1 saturated heterocycles. The zero-order valence-corrected chi connectivity index (χ0v) is 13.9. The first-order valence-electron chi connectivity index (χ1n) is 8.08. The first kappa shape index (κ1) is 19.7. The summed E-state index contributed by atoms with van der Waals surface area (Å²) in [5.41, 5.74) is -2.43. The van der Waals surface area contributed by atoms with Crippen LogP contribution in [0.3, 0.4) is 0 Å². The number of nitrogens with zero attached hydrogens (tertiary/aromatic N) is 1. The number of likely N-dealkylation sites (tertiary alicyclic amines) is 1. The van der Waals surface area contributed by atoms with Crippen LogP contribution >= 0.6 is 0 Å². The Balaban J connectivity index is 1.80. The second-order valence-corrected chi connectivity index (χ2v) is 6.18. The van der Waals surface area contributed by atoms with Crippen molar-refractivity contribution in [2.75, 3.05) is 19.6 Å².